The van der Waals surface area contributed by atoms with E-state index in [-0.39, 0.29) is 36.6 Å². The van der Waals surface area contributed by atoms with Crippen molar-refractivity contribution in [1.29, 1.82) is 0 Å². The smallest absolute Gasteiger partial charge is 0.223 e. The first-order chi connectivity index (χ1) is 10.5. The van der Waals surface area contributed by atoms with E-state index in [9.17, 15) is 9.59 Å². The van der Waals surface area contributed by atoms with Crippen LogP contribution in [0.4, 0.5) is 0 Å². The molecule has 1 aromatic carbocycles. The van der Waals surface area contributed by atoms with Crippen LogP contribution in [0.15, 0.2) is 24.3 Å². The number of hydrogen-bond acceptors (Lipinski definition) is 3. The molecule has 4 nitrogen and oxygen atoms in total. The second kappa shape index (κ2) is 7.54. The van der Waals surface area contributed by atoms with Crippen molar-refractivity contribution in [2.24, 2.45) is 5.73 Å². The highest BCUT2D eigenvalue weighted by Gasteiger charge is 2.29. The number of piperidine rings is 1. The van der Waals surface area contributed by atoms with Gasteiger partial charge in [0.05, 0.1) is 0 Å². The van der Waals surface area contributed by atoms with Crippen molar-refractivity contribution in [3.63, 3.8) is 0 Å². The number of carbonyl (C=O) groups is 2. The molecule has 0 spiro atoms. The molecule has 1 fully saturated rings. The first kappa shape index (κ1) is 16.7. The summed E-state index contributed by atoms with van der Waals surface area (Å²) in [6, 6.07) is 7.60. The molecule has 1 aromatic rings. The standard InChI is InChI=1S/C18H26N2O2/c1-13-6-8-15(9-7-13)17(21)10-11-18(22)20-12-4-3-5-16(20)14(2)19/h6-9,14,16H,3-5,10-12,19H2,1-2H3. The molecule has 2 atom stereocenters. The van der Waals surface area contributed by atoms with Crippen LogP contribution in [0.1, 0.15) is 54.9 Å². The Kier molecular flexibility index (Phi) is 5.72. The molecule has 0 saturated carbocycles. The van der Waals surface area contributed by atoms with Gasteiger partial charge >= 0.3 is 0 Å². The van der Waals surface area contributed by atoms with Crippen LogP contribution >= 0.6 is 0 Å². The molecular formula is C18H26N2O2. The van der Waals surface area contributed by atoms with Gasteiger partial charge in [-0.25, -0.2) is 0 Å². The normalized spacial score (nSPS) is 19.8. The fraction of sp³-hybridized carbons (Fsp3) is 0.556. The van der Waals surface area contributed by atoms with Crippen LogP contribution in [-0.2, 0) is 4.79 Å². The third-order valence-corrected chi connectivity index (χ3v) is 4.42. The Balaban J connectivity index is 1.91. The molecule has 1 aliphatic rings. The van der Waals surface area contributed by atoms with E-state index < -0.39 is 0 Å². The average Bonchev–Trinajstić information content (AvgIpc) is 2.53. The first-order valence-corrected chi connectivity index (χ1v) is 8.14. The summed E-state index contributed by atoms with van der Waals surface area (Å²) in [6.07, 6.45) is 3.66. The lowest BCUT2D eigenvalue weighted by molar-refractivity contribution is -0.135. The molecule has 0 aliphatic carbocycles. The highest BCUT2D eigenvalue weighted by molar-refractivity contribution is 5.98. The predicted octanol–water partition coefficient (Wildman–Crippen LogP) is 2.69. The Labute approximate surface area is 132 Å². The summed E-state index contributed by atoms with van der Waals surface area (Å²) in [7, 11) is 0. The number of aryl methyl sites for hydroxylation is 1. The second-order valence-corrected chi connectivity index (χ2v) is 6.30. The van der Waals surface area contributed by atoms with Gasteiger partial charge in [0, 0.05) is 37.0 Å². The van der Waals surface area contributed by atoms with Crippen molar-refractivity contribution in [1.82, 2.24) is 4.90 Å². The highest BCUT2D eigenvalue weighted by Crippen LogP contribution is 2.20. The van der Waals surface area contributed by atoms with E-state index in [1.807, 2.05) is 43.0 Å². The molecule has 22 heavy (non-hydrogen) atoms. The summed E-state index contributed by atoms with van der Waals surface area (Å²) < 4.78 is 0. The van der Waals surface area contributed by atoms with E-state index in [0.29, 0.717) is 5.56 Å². The zero-order chi connectivity index (χ0) is 16.1. The second-order valence-electron chi connectivity index (χ2n) is 6.30. The summed E-state index contributed by atoms with van der Waals surface area (Å²) in [4.78, 5) is 26.5. The highest BCUT2D eigenvalue weighted by atomic mass is 16.2. The van der Waals surface area contributed by atoms with Crippen LogP contribution in [0, 0.1) is 6.92 Å². The van der Waals surface area contributed by atoms with E-state index in [0.717, 1.165) is 31.4 Å². The number of carbonyl (C=O) groups excluding carboxylic acids is 2. The van der Waals surface area contributed by atoms with Crippen LogP contribution in [-0.4, -0.2) is 35.2 Å². The van der Waals surface area contributed by atoms with Crippen LogP contribution in [0.25, 0.3) is 0 Å². The van der Waals surface area contributed by atoms with E-state index >= 15 is 0 Å². The summed E-state index contributed by atoms with van der Waals surface area (Å²) in [5.74, 6) is 0.0881. The molecule has 1 amide bonds. The molecule has 1 saturated heterocycles. The number of amides is 1. The van der Waals surface area contributed by atoms with E-state index in [4.69, 9.17) is 5.73 Å². The Morgan fingerprint density at radius 2 is 1.91 bits per heavy atom. The van der Waals surface area contributed by atoms with Crippen LogP contribution in [0.2, 0.25) is 0 Å². The lowest BCUT2D eigenvalue weighted by atomic mass is 9.96. The maximum atomic E-state index is 12.4. The molecule has 0 aromatic heterocycles. The van der Waals surface area contributed by atoms with Gasteiger partial charge in [0.1, 0.15) is 0 Å². The minimum Gasteiger partial charge on any atom is -0.338 e. The molecule has 0 bridgehead atoms. The maximum Gasteiger partial charge on any atom is 0.223 e. The van der Waals surface area contributed by atoms with Crippen molar-refractivity contribution < 1.29 is 9.59 Å². The van der Waals surface area contributed by atoms with Crippen molar-refractivity contribution in [2.45, 2.75) is 58.0 Å². The van der Waals surface area contributed by atoms with Crippen LogP contribution in [0.3, 0.4) is 0 Å². The summed E-state index contributed by atoms with van der Waals surface area (Å²) in [6.45, 7) is 4.71. The fourth-order valence-electron chi connectivity index (χ4n) is 3.06. The van der Waals surface area contributed by atoms with Gasteiger partial charge in [-0.1, -0.05) is 29.8 Å². The maximum absolute atomic E-state index is 12.4. The van der Waals surface area contributed by atoms with Gasteiger partial charge in [-0.2, -0.15) is 0 Å². The zero-order valence-electron chi connectivity index (χ0n) is 13.5. The number of hydrogen-bond donors (Lipinski definition) is 1. The largest absolute Gasteiger partial charge is 0.338 e. The Morgan fingerprint density at radius 1 is 1.23 bits per heavy atom. The molecule has 1 heterocycles. The number of benzene rings is 1. The van der Waals surface area contributed by atoms with Crippen molar-refractivity contribution >= 4 is 11.7 Å². The SMILES string of the molecule is Cc1ccc(C(=O)CCC(=O)N2CCCCC2C(C)N)cc1. The Bertz CT molecular complexity index is 522. The monoisotopic (exact) mass is 302 g/mol. The molecule has 1 aliphatic heterocycles. The van der Waals surface area contributed by atoms with Gasteiger partial charge in [0.15, 0.2) is 5.78 Å². The van der Waals surface area contributed by atoms with Gasteiger partial charge < -0.3 is 10.6 Å². The number of nitrogens with zero attached hydrogens (tertiary/aromatic N) is 1. The number of likely N-dealkylation sites (tertiary alicyclic amines) is 1. The molecule has 4 heteroatoms. The van der Waals surface area contributed by atoms with Crippen LogP contribution in [0.5, 0.6) is 0 Å². The number of rotatable bonds is 5. The third-order valence-electron chi connectivity index (χ3n) is 4.42. The fourth-order valence-corrected chi connectivity index (χ4v) is 3.06. The van der Waals surface area contributed by atoms with E-state index in [1.54, 1.807) is 0 Å². The zero-order valence-corrected chi connectivity index (χ0v) is 13.5. The summed E-state index contributed by atoms with van der Waals surface area (Å²) in [5, 5.41) is 0. The number of nitrogens with two attached hydrogens (primary N) is 1. The molecule has 0 radical (unpaired) electrons. The minimum atomic E-state index is -0.0166. The van der Waals surface area contributed by atoms with Gasteiger partial charge in [0.2, 0.25) is 5.91 Å². The van der Waals surface area contributed by atoms with Crippen LogP contribution < -0.4 is 5.73 Å². The third kappa shape index (κ3) is 4.17. The lowest BCUT2D eigenvalue weighted by Gasteiger charge is -2.38. The minimum absolute atomic E-state index is 0.0166. The Morgan fingerprint density at radius 3 is 2.55 bits per heavy atom. The molecule has 2 rings (SSSR count). The first-order valence-electron chi connectivity index (χ1n) is 8.14. The summed E-state index contributed by atoms with van der Waals surface area (Å²) >= 11 is 0. The van der Waals surface area contributed by atoms with E-state index in [2.05, 4.69) is 0 Å². The summed E-state index contributed by atoms with van der Waals surface area (Å²) in [5.41, 5.74) is 7.80. The molecule has 2 unspecified atom stereocenters. The van der Waals surface area contributed by atoms with Gasteiger partial charge in [-0.3, -0.25) is 9.59 Å². The molecule has 120 valence electrons. The quantitative estimate of drug-likeness (QED) is 0.851. The van der Waals surface area contributed by atoms with Gasteiger partial charge in [-0.15, -0.1) is 0 Å². The average molecular weight is 302 g/mol. The molecule has 2 N–H and O–H groups in total. The Hall–Kier alpha value is -1.68. The van der Waals surface area contributed by atoms with Crippen molar-refractivity contribution in [2.75, 3.05) is 6.54 Å². The predicted molar refractivity (Wildman–Crippen MR) is 87.7 cm³/mol. The number of Topliss-reactive ketones (excluding diaryl/α,β-unsaturated/α-hetero) is 1. The topological polar surface area (TPSA) is 63.4 Å². The number of ketones is 1. The van der Waals surface area contributed by atoms with Crippen molar-refractivity contribution in [3.05, 3.63) is 35.4 Å². The van der Waals surface area contributed by atoms with E-state index in [1.165, 1.54) is 0 Å². The molecular weight excluding hydrogens is 276 g/mol. The van der Waals surface area contributed by atoms with Crippen molar-refractivity contribution in [3.8, 4) is 0 Å². The van der Waals surface area contributed by atoms with Gasteiger partial charge in [-0.05, 0) is 33.1 Å². The van der Waals surface area contributed by atoms with Gasteiger partial charge in [0.25, 0.3) is 0 Å². The lowest BCUT2D eigenvalue weighted by Crippen LogP contribution is -2.51.